The van der Waals surface area contributed by atoms with Crippen LogP contribution in [-0.2, 0) is 28.9 Å². The molecule has 3 aromatic carbocycles. The standard InChI is InChI=1S/C31H33Cl2N3O6S/c1-31(2,3)42-30(41)36(14-13-20-22(32)5-4-6-23(20)33)17-19-9-7-18(8-10-19)15-26(39)34-16-25(38)21-11-12-24(37)27-28(21)43-29(40)35-27/h4-12,25,37-38H,13-17H2,1-3H3,(H,34,39)(H,35,40)/t25-/m1/s1. The van der Waals surface area contributed by atoms with E-state index < -0.39 is 17.8 Å². The number of H-pyrrole nitrogens is 1. The molecule has 12 heteroatoms. The Balaban J connectivity index is 1.36. The number of hydrogen-bond donors (Lipinski definition) is 4. The number of aromatic hydroxyl groups is 1. The smallest absolute Gasteiger partial charge is 0.410 e. The van der Waals surface area contributed by atoms with Crippen LogP contribution in [0.15, 0.2) is 59.4 Å². The van der Waals surface area contributed by atoms with Crippen LogP contribution in [0.3, 0.4) is 0 Å². The highest BCUT2D eigenvalue weighted by Gasteiger charge is 2.23. The first kappa shape index (κ1) is 32.3. The molecule has 1 heterocycles. The number of thiazole rings is 1. The second-order valence-electron chi connectivity index (χ2n) is 11.1. The lowest BCUT2D eigenvalue weighted by molar-refractivity contribution is -0.120. The number of ether oxygens (including phenoxy) is 1. The number of aromatic nitrogens is 1. The largest absolute Gasteiger partial charge is 0.506 e. The van der Waals surface area contributed by atoms with Crippen LogP contribution in [0.5, 0.6) is 5.75 Å². The molecule has 2 amide bonds. The average molecular weight is 647 g/mol. The number of nitrogens with one attached hydrogen (secondary N) is 2. The van der Waals surface area contributed by atoms with Crippen LogP contribution >= 0.6 is 34.5 Å². The molecule has 1 aromatic heterocycles. The van der Waals surface area contributed by atoms with Crippen LogP contribution in [0.2, 0.25) is 10.0 Å². The van der Waals surface area contributed by atoms with E-state index in [-0.39, 0.29) is 41.6 Å². The molecular weight excluding hydrogens is 613 g/mol. The van der Waals surface area contributed by atoms with E-state index in [4.69, 9.17) is 27.9 Å². The fraction of sp³-hybridized carbons (Fsp3) is 0.323. The van der Waals surface area contributed by atoms with Crippen molar-refractivity contribution >= 4 is 56.8 Å². The number of nitrogens with zero attached hydrogens (tertiary/aromatic N) is 1. The number of amides is 2. The summed E-state index contributed by atoms with van der Waals surface area (Å²) in [5, 5.41) is 24.4. The molecule has 4 aromatic rings. The highest BCUT2D eigenvalue weighted by Crippen LogP contribution is 2.31. The maximum atomic E-state index is 13.0. The molecule has 4 rings (SSSR count). The number of benzene rings is 3. The molecule has 0 radical (unpaired) electrons. The van der Waals surface area contributed by atoms with Gasteiger partial charge in [0, 0.05) is 35.2 Å². The molecule has 43 heavy (non-hydrogen) atoms. The zero-order valence-electron chi connectivity index (χ0n) is 23.9. The third-order valence-electron chi connectivity index (χ3n) is 6.55. The molecule has 0 aliphatic heterocycles. The van der Waals surface area contributed by atoms with Gasteiger partial charge in [-0.2, -0.15) is 0 Å². The maximum absolute atomic E-state index is 13.0. The first-order valence-electron chi connectivity index (χ1n) is 13.6. The molecule has 1 atom stereocenters. The van der Waals surface area contributed by atoms with Crippen molar-refractivity contribution in [2.24, 2.45) is 0 Å². The van der Waals surface area contributed by atoms with Gasteiger partial charge in [-0.15, -0.1) is 0 Å². The van der Waals surface area contributed by atoms with Crippen LogP contribution in [-0.4, -0.2) is 50.8 Å². The van der Waals surface area contributed by atoms with Crippen molar-refractivity contribution in [2.75, 3.05) is 13.1 Å². The first-order chi connectivity index (χ1) is 20.3. The first-order valence-corrected chi connectivity index (χ1v) is 15.2. The van der Waals surface area contributed by atoms with Gasteiger partial charge in [0.1, 0.15) is 16.9 Å². The third kappa shape index (κ3) is 8.73. The Bertz CT molecular complexity index is 1640. The highest BCUT2D eigenvalue weighted by molar-refractivity contribution is 7.16. The second-order valence-corrected chi connectivity index (χ2v) is 12.9. The minimum atomic E-state index is -1.07. The van der Waals surface area contributed by atoms with Crippen molar-refractivity contribution in [3.63, 3.8) is 0 Å². The number of carbonyl (C=O) groups is 2. The van der Waals surface area contributed by atoms with E-state index in [2.05, 4.69) is 10.3 Å². The van der Waals surface area contributed by atoms with Gasteiger partial charge in [-0.05, 0) is 62.1 Å². The molecular formula is C31H33Cl2N3O6S. The van der Waals surface area contributed by atoms with E-state index in [0.717, 1.165) is 28.0 Å². The summed E-state index contributed by atoms with van der Waals surface area (Å²) < 4.78 is 6.07. The van der Waals surface area contributed by atoms with Crippen molar-refractivity contribution in [2.45, 2.75) is 51.9 Å². The fourth-order valence-corrected chi connectivity index (χ4v) is 5.94. The Morgan fingerprint density at radius 2 is 1.70 bits per heavy atom. The van der Waals surface area contributed by atoms with E-state index in [1.807, 2.05) is 24.3 Å². The molecule has 4 N–H and O–H groups in total. The topological polar surface area (TPSA) is 132 Å². The van der Waals surface area contributed by atoms with Gasteiger partial charge in [0.15, 0.2) is 0 Å². The number of aliphatic hydroxyl groups excluding tert-OH is 1. The SMILES string of the molecule is CC(C)(C)OC(=O)N(CCc1c(Cl)cccc1Cl)Cc1ccc(CC(=O)NC[C@@H](O)c2ccc(O)c3[nH]c(=O)sc23)cc1. The predicted molar refractivity (Wildman–Crippen MR) is 169 cm³/mol. The zero-order valence-corrected chi connectivity index (χ0v) is 26.3. The van der Waals surface area contributed by atoms with Gasteiger partial charge < -0.3 is 30.2 Å². The lowest BCUT2D eigenvalue weighted by Gasteiger charge is -2.28. The molecule has 0 aliphatic rings. The fourth-order valence-electron chi connectivity index (χ4n) is 4.43. The minimum absolute atomic E-state index is 0.0663. The lowest BCUT2D eigenvalue weighted by Crippen LogP contribution is -2.37. The number of rotatable bonds is 10. The lowest BCUT2D eigenvalue weighted by atomic mass is 10.1. The van der Waals surface area contributed by atoms with Crippen LogP contribution < -0.4 is 10.2 Å². The van der Waals surface area contributed by atoms with Crippen molar-refractivity contribution in [3.8, 4) is 5.75 Å². The van der Waals surface area contributed by atoms with Gasteiger partial charge in [0.05, 0.1) is 17.2 Å². The Kier molecular flexibility index (Phi) is 10.4. The van der Waals surface area contributed by atoms with Gasteiger partial charge >= 0.3 is 11.0 Å². The monoisotopic (exact) mass is 645 g/mol. The third-order valence-corrected chi connectivity index (χ3v) is 8.19. The van der Waals surface area contributed by atoms with Gasteiger partial charge in [-0.1, -0.05) is 70.9 Å². The second kappa shape index (κ2) is 13.8. The molecule has 228 valence electrons. The summed E-state index contributed by atoms with van der Waals surface area (Å²) in [7, 11) is 0. The van der Waals surface area contributed by atoms with Crippen molar-refractivity contribution in [1.82, 2.24) is 15.2 Å². The van der Waals surface area contributed by atoms with Gasteiger partial charge in [-0.25, -0.2) is 4.79 Å². The Morgan fingerprint density at radius 1 is 1.05 bits per heavy atom. The van der Waals surface area contributed by atoms with Gasteiger partial charge in [-0.3, -0.25) is 9.59 Å². The van der Waals surface area contributed by atoms with Crippen molar-refractivity contribution in [3.05, 3.63) is 96.6 Å². The van der Waals surface area contributed by atoms with E-state index >= 15 is 0 Å². The molecule has 0 fully saturated rings. The van der Waals surface area contributed by atoms with Gasteiger partial charge in [0.2, 0.25) is 5.91 Å². The summed E-state index contributed by atoms with van der Waals surface area (Å²) in [5.41, 5.74) is 2.38. The average Bonchev–Trinajstić information content (AvgIpc) is 3.33. The number of halogens is 2. The number of phenolic OH excluding ortho intramolecular Hbond substituents is 1. The maximum Gasteiger partial charge on any atom is 0.410 e. The van der Waals surface area contributed by atoms with E-state index in [9.17, 15) is 24.6 Å². The number of aromatic amines is 1. The van der Waals surface area contributed by atoms with Crippen molar-refractivity contribution in [1.29, 1.82) is 0 Å². The summed E-state index contributed by atoms with van der Waals surface area (Å²) in [5.74, 6) is -0.382. The molecule has 0 saturated heterocycles. The summed E-state index contributed by atoms with van der Waals surface area (Å²) in [6.07, 6.45) is -1.01. The molecule has 0 unspecified atom stereocenters. The van der Waals surface area contributed by atoms with Crippen LogP contribution in [0, 0.1) is 0 Å². The quantitative estimate of drug-likeness (QED) is 0.168. The van der Waals surface area contributed by atoms with E-state index in [1.165, 1.54) is 12.1 Å². The zero-order chi connectivity index (χ0) is 31.3. The van der Waals surface area contributed by atoms with Crippen LogP contribution in [0.25, 0.3) is 10.2 Å². The Morgan fingerprint density at radius 3 is 2.35 bits per heavy atom. The van der Waals surface area contributed by atoms with Crippen LogP contribution in [0.1, 0.15) is 49.1 Å². The normalized spacial score (nSPS) is 12.2. The molecule has 0 saturated carbocycles. The molecule has 0 bridgehead atoms. The van der Waals surface area contributed by atoms with Gasteiger partial charge in [0.25, 0.3) is 0 Å². The summed E-state index contributed by atoms with van der Waals surface area (Å²) in [6.45, 7) is 5.96. The number of aliphatic hydroxyl groups is 1. The molecule has 9 nitrogen and oxygen atoms in total. The Labute approximate surface area is 263 Å². The highest BCUT2D eigenvalue weighted by atomic mass is 35.5. The van der Waals surface area contributed by atoms with Crippen LogP contribution in [0.4, 0.5) is 4.79 Å². The van der Waals surface area contributed by atoms with Crippen molar-refractivity contribution < 1.29 is 24.5 Å². The van der Waals surface area contributed by atoms with E-state index in [1.54, 1.807) is 43.9 Å². The summed E-state index contributed by atoms with van der Waals surface area (Å²) in [6, 6.07) is 15.5. The summed E-state index contributed by atoms with van der Waals surface area (Å²) >= 11 is 13.5. The minimum Gasteiger partial charge on any atom is -0.506 e. The van der Waals surface area contributed by atoms with E-state index in [0.29, 0.717) is 33.3 Å². The number of phenols is 1. The Hall–Kier alpha value is -3.57. The number of fused-ring (bicyclic) bond motifs is 1. The molecule has 0 aliphatic carbocycles. The molecule has 0 spiro atoms. The number of carbonyl (C=O) groups excluding carboxylic acids is 2. The predicted octanol–water partition coefficient (Wildman–Crippen LogP) is 5.97. The summed E-state index contributed by atoms with van der Waals surface area (Å²) in [4.78, 5) is 41.2. The number of hydrogen-bond acceptors (Lipinski definition) is 7.